The molecule has 6 atom stereocenters. The lowest BCUT2D eigenvalue weighted by atomic mass is 9.97. The van der Waals surface area contributed by atoms with Crippen molar-refractivity contribution in [2.75, 3.05) is 20.0 Å². The van der Waals surface area contributed by atoms with E-state index in [0.29, 0.717) is 5.56 Å². The fourth-order valence-corrected chi connectivity index (χ4v) is 4.47. The molecule has 3 unspecified atom stereocenters. The molecular formula is C22H23NO11S. The molecule has 2 aliphatic heterocycles. The summed E-state index contributed by atoms with van der Waals surface area (Å²) < 4.78 is 57.8. The number of esters is 1. The first-order valence-corrected chi connectivity index (χ1v) is 12.3. The van der Waals surface area contributed by atoms with E-state index in [2.05, 4.69) is 0 Å². The Bertz CT molecular complexity index is 1160. The molecule has 2 saturated heterocycles. The van der Waals surface area contributed by atoms with Gasteiger partial charge in [0.2, 0.25) is 0 Å². The quantitative estimate of drug-likeness (QED) is 0.233. The lowest BCUT2D eigenvalue weighted by Gasteiger charge is -2.47. The van der Waals surface area contributed by atoms with E-state index in [0.717, 1.165) is 18.4 Å². The molecule has 0 saturated carbocycles. The van der Waals surface area contributed by atoms with Crippen LogP contribution in [0.1, 0.15) is 22.2 Å². The van der Waals surface area contributed by atoms with Crippen LogP contribution in [0.3, 0.4) is 0 Å². The predicted octanol–water partition coefficient (Wildman–Crippen LogP) is 1.95. The average Bonchev–Trinajstić information content (AvgIpc) is 2.84. The summed E-state index contributed by atoms with van der Waals surface area (Å²) >= 11 is 0. The van der Waals surface area contributed by atoms with E-state index in [-0.39, 0.29) is 17.9 Å². The number of hydrogen-bond acceptors (Lipinski definition) is 11. The van der Waals surface area contributed by atoms with E-state index < -0.39 is 58.0 Å². The van der Waals surface area contributed by atoms with Crippen LogP contribution in [-0.2, 0) is 38.0 Å². The van der Waals surface area contributed by atoms with E-state index in [4.69, 9.17) is 27.9 Å². The zero-order valence-electron chi connectivity index (χ0n) is 18.7. The van der Waals surface area contributed by atoms with Crippen LogP contribution in [0, 0.1) is 10.1 Å². The summed E-state index contributed by atoms with van der Waals surface area (Å²) in [5.74, 6) is -0.867. The molecule has 13 heteroatoms. The minimum atomic E-state index is -4.03. The maximum absolute atomic E-state index is 13.0. The van der Waals surface area contributed by atoms with Crippen LogP contribution < -0.4 is 0 Å². The van der Waals surface area contributed by atoms with Gasteiger partial charge in [-0.25, -0.2) is 4.79 Å². The molecule has 188 valence electrons. The van der Waals surface area contributed by atoms with Crippen molar-refractivity contribution >= 4 is 21.8 Å². The molecule has 12 nitrogen and oxygen atoms in total. The molecule has 35 heavy (non-hydrogen) atoms. The second-order valence-corrected chi connectivity index (χ2v) is 9.49. The molecule has 2 fully saturated rings. The van der Waals surface area contributed by atoms with E-state index in [1.165, 1.54) is 19.2 Å². The smallest absolute Gasteiger partial charge is 0.338 e. The number of methoxy groups -OCH3 is 1. The highest BCUT2D eigenvalue weighted by atomic mass is 32.2. The molecule has 2 aromatic carbocycles. The van der Waals surface area contributed by atoms with E-state index in [1.54, 1.807) is 24.3 Å². The van der Waals surface area contributed by atoms with Gasteiger partial charge in [-0.05, 0) is 12.1 Å². The van der Waals surface area contributed by atoms with Gasteiger partial charge in [-0.2, -0.15) is 8.42 Å². The number of nitro groups is 1. The Hall–Kier alpha value is -2.94. The topological polar surface area (TPSA) is 150 Å². The number of non-ortho nitro benzene ring substituents is 1. The molecule has 0 bridgehead atoms. The molecule has 4 rings (SSSR count). The van der Waals surface area contributed by atoms with E-state index in [9.17, 15) is 23.3 Å². The summed E-state index contributed by atoms with van der Waals surface area (Å²) in [6.07, 6.45) is -5.64. The summed E-state index contributed by atoms with van der Waals surface area (Å²) in [5, 5.41) is 10.9. The predicted molar refractivity (Wildman–Crippen MR) is 118 cm³/mol. The minimum Gasteiger partial charge on any atom is -0.453 e. The summed E-state index contributed by atoms with van der Waals surface area (Å²) in [7, 11) is -2.74. The van der Waals surface area contributed by atoms with Crippen LogP contribution >= 0.6 is 0 Å². The number of ether oxygens (including phenoxy) is 5. The van der Waals surface area contributed by atoms with Crippen LogP contribution in [-0.4, -0.2) is 70.0 Å². The Morgan fingerprint density at radius 3 is 2.34 bits per heavy atom. The Morgan fingerprint density at radius 2 is 1.74 bits per heavy atom. The first kappa shape index (κ1) is 25.2. The second kappa shape index (κ2) is 10.4. The zero-order valence-corrected chi connectivity index (χ0v) is 19.5. The number of carbonyl (C=O) groups excluding carboxylic acids is 1. The summed E-state index contributed by atoms with van der Waals surface area (Å²) in [6, 6.07) is 13.8. The van der Waals surface area contributed by atoms with Gasteiger partial charge in [0.1, 0.15) is 12.2 Å². The van der Waals surface area contributed by atoms with Crippen LogP contribution in [0.15, 0.2) is 54.6 Å². The van der Waals surface area contributed by atoms with Crippen LogP contribution in [0.5, 0.6) is 0 Å². The molecule has 0 aliphatic carbocycles. The van der Waals surface area contributed by atoms with Gasteiger partial charge in [-0.1, -0.05) is 30.3 Å². The van der Waals surface area contributed by atoms with Crippen molar-refractivity contribution in [2.45, 2.75) is 37.0 Å². The summed E-state index contributed by atoms with van der Waals surface area (Å²) in [6.45, 7) is 0.0429. The molecule has 2 aromatic rings. The molecule has 0 spiro atoms. The Labute approximate surface area is 200 Å². The Balaban J connectivity index is 1.64. The third-order valence-electron chi connectivity index (χ3n) is 5.43. The largest absolute Gasteiger partial charge is 0.453 e. The van der Waals surface area contributed by atoms with Gasteiger partial charge in [0, 0.05) is 24.8 Å². The monoisotopic (exact) mass is 509 g/mol. The Morgan fingerprint density at radius 1 is 1.06 bits per heavy atom. The van der Waals surface area contributed by atoms with Crippen molar-refractivity contribution in [3.05, 3.63) is 75.8 Å². The van der Waals surface area contributed by atoms with E-state index in [1.807, 2.05) is 6.07 Å². The normalized spacial score (nSPS) is 28.6. The number of hydrogen-bond donors (Lipinski definition) is 0. The summed E-state index contributed by atoms with van der Waals surface area (Å²) in [5.41, 5.74) is 0.502. The maximum atomic E-state index is 13.0. The molecule has 2 heterocycles. The standard InChI is InChI=1S/C22H23NO11S/c1-29-22-19(34-35(2,27)28)18(32-20(24)13-8-10-15(11-9-13)23(25)26)17-16(31-22)12-30-21(33-17)14-6-4-3-5-7-14/h3-11,16-19,21-22H,12H2,1-2H3/t16?,17-,18+,19-,21?,22?/m1/s1. The van der Waals surface area contributed by atoms with Crippen LogP contribution in [0.25, 0.3) is 0 Å². The molecule has 2 aliphatic rings. The number of rotatable bonds is 7. The summed E-state index contributed by atoms with van der Waals surface area (Å²) in [4.78, 5) is 23.3. The number of fused-ring (bicyclic) bond motifs is 1. The fourth-order valence-electron chi connectivity index (χ4n) is 3.87. The van der Waals surface area contributed by atoms with Gasteiger partial charge in [-0.15, -0.1) is 0 Å². The van der Waals surface area contributed by atoms with Crippen molar-refractivity contribution in [1.82, 2.24) is 0 Å². The van der Waals surface area contributed by atoms with Gasteiger partial charge in [-0.3, -0.25) is 14.3 Å². The van der Waals surface area contributed by atoms with Gasteiger partial charge in [0.25, 0.3) is 15.8 Å². The van der Waals surface area contributed by atoms with Gasteiger partial charge >= 0.3 is 5.97 Å². The third-order valence-corrected chi connectivity index (χ3v) is 6.00. The fraction of sp³-hybridized carbons (Fsp3) is 0.409. The number of nitro benzene ring substituents is 1. The molecular weight excluding hydrogens is 486 g/mol. The average molecular weight is 509 g/mol. The van der Waals surface area contributed by atoms with Crippen molar-refractivity contribution in [2.24, 2.45) is 0 Å². The van der Waals surface area contributed by atoms with Gasteiger partial charge in [0.05, 0.1) is 23.3 Å². The second-order valence-electron chi connectivity index (χ2n) is 7.89. The third kappa shape index (κ3) is 5.83. The minimum absolute atomic E-state index is 0.0115. The van der Waals surface area contributed by atoms with Crippen LogP contribution in [0.4, 0.5) is 5.69 Å². The zero-order chi connectivity index (χ0) is 25.2. The number of nitrogens with zero attached hydrogens (tertiary/aromatic N) is 1. The van der Waals surface area contributed by atoms with Crippen LogP contribution in [0.2, 0.25) is 0 Å². The highest BCUT2D eigenvalue weighted by Crippen LogP contribution is 2.37. The Kier molecular flexibility index (Phi) is 7.44. The molecule has 0 amide bonds. The first-order chi connectivity index (χ1) is 16.7. The van der Waals surface area contributed by atoms with Crippen molar-refractivity contribution in [3.8, 4) is 0 Å². The highest BCUT2D eigenvalue weighted by Gasteiger charge is 2.54. The SMILES string of the molecule is COC1OC2COC(c3ccccc3)O[C@H]2[C@H](OC(=O)c2ccc([N+](=O)[O-])cc2)[C@H]1OS(C)(=O)=O. The van der Waals surface area contributed by atoms with Crippen molar-refractivity contribution in [1.29, 1.82) is 0 Å². The molecule has 0 N–H and O–H groups in total. The molecule has 0 aromatic heterocycles. The maximum Gasteiger partial charge on any atom is 0.338 e. The van der Waals surface area contributed by atoms with Crippen molar-refractivity contribution < 1.29 is 46.0 Å². The van der Waals surface area contributed by atoms with Gasteiger partial charge in [0.15, 0.2) is 24.8 Å². The molecule has 0 radical (unpaired) electrons. The lowest BCUT2D eigenvalue weighted by molar-refractivity contribution is -0.384. The highest BCUT2D eigenvalue weighted by molar-refractivity contribution is 7.86. The van der Waals surface area contributed by atoms with E-state index >= 15 is 0 Å². The lowest BCUT2D eigenvalue weighted by Crippen LogP contribution is -2.64. The van der Waals surface area contributed by atoms with Crippen molar-refractivity contribution in [3.63, 3.8) is 0 Å². The van der Waals surface area contributed by atoms with Gasteiger partial charge < -0.3 is 23.7 Å². The number of carbonyl (C=O) groups is 1. The first-order valence-electron chi connectivity index (χ1n) is 10.5. The number of benzene rings is 2.